The number of fused-ring (bicyclic) bond motifs is 1. The van der Waals surface area contributed by atoms with Crippen LogP contribution in [0.3, 0.4) is 0 Å². The van der Waals surface area contributed by atoms with E-state index < -0.39 is 0 Å². The number of thiazole rings is 1. The van der Waals surface area contributed by atoms with Gasteiger partial charge in [-0.3, -0.25) is 0 Å². The Bertz CT molecular complexity index is 494. The lowest BCUT2D eigenvalue weighted by Gasteiger charge is -2.02. The van der Waals surface area contributed by atoms with Crippen molar-refractivity contribution in [1.82, 2.24) is 4.98 Å². The average molecular weight is 255 g/mol. The molecule has 2 aromatic rings. The van der Waals surface area contributed by atoms with Crippen molar-refractivity contribution in [3.8, 4) is 5.75 Å². The SMILES string of the molecule is Cc1nc2cc(OCC3CO3)ccc2s1.S. The maximum Gasteiger partial charge on any atom is 0.121 e. The van der Waals surface area contributed by atoms with Gasteiger partial charge in [-0.25, -0.2) is 4.98 Å². The first-order valence-electron chi connectivity index (χ1n) is 4.93. The van der Waals surface area contributed by atoms with E-state index in [0.717, 1.165) is 22.9 Å². The molecule has 3 nitrogen and oxygen atoms in total. The molecule has 1 aromatic heterocycles. The van der Waals surface area contributed by atoms with E-state index in [2.05, 4.69) is 11.1 Å². The highest BCUT2D eigenvalue weighted by molar-refractivity contribution is 7.59. The molecule has 0 spiro atoms. The third kappa shape index (κ3) is 2.48. The van der Waals surface area contributed by atoms with Gasteiger partial charge in [0, 0.05) is 6.07 Å². The van der Waals surface area contributed by atoms with Crippen LogP contribution in [0.2, 0.25) is 0 Å². The minimum Gasteiger partial charge on any atom is -0.491 e. The molecule has 0 bridgehead atoms. The molecular formula is C11H13NO2S2. The monoisotopic (exact) mass is 255 g/mol. The molecule has 1 aliphatic rings. The van der Waals surface area contributed by atoms with Gasteiger partial charge in [0.2, 0.25) is 0 Å². The Labute approximate surface area is 105 Å². The van der Waals surface area contributed by atoms with Gasteiger partial charge in [-0.15, -0.1) is 11.3 Å². The number of hydrogen-bond donors (Lipinski definition) is 0. The van der Waals surface area contributed by atoms with Gasteiger partial charge in [-0.1, -0.05) is 0 Å². The number of ether oxygens (including phenoxy) is 2. The van der Waals surface area contributed by atoms with Crippen LogP contribution in [0.15, 0.2) is 18.2 Å². The number of epoxide rings is 1. The largest absolute Gasteiger partial charge is 0.491 e. The Hall–Kier alpha value is -0.780. The fourth-order valence-corrected chi connectivity index (χ4v) is 2.27. The van der Waals surface area contributed by atoms with Gasteiger partial charge in [-0.05, 0) is 19.1 Å². The summed E-state index contributed by atoms with van der Waals surface area (Å²) in [5.41, 5.74) is 1.02. The summed E-state index contributed by atoms with van der Waals surface area (Å²) in [6.45, 7) is 3.50. The van der Waals surface area contributed by atoms with Crippen molar-refractivity contribution in [1.29, 1.82) is 0 Å². The van der Waals surface area contributed by atoms with Crippen molar-refractivity contribution < 1.29 is 9.47 Å². The second kappa shape index (κ2) is 4.61. The number of nitrogens with zero attached hydrogens (tertiary/aromatic N) is 1. The molecule has 0 amide bonds. The molecule has 16 heavy (non-hydrogen) atoms. The molecule has 86 valence electrons. The average Bonchev–Trinajstić information content (AvgIpc) is 2.96. The van der Waals surface area contributed by atoms with E-state index in [0.29, 0.717) is 12.7 Å². The van der Waals surface area contributed by atoms with E-state index in [-0.39, 0.29) is 13.5 Å². The lowest BCUT2D eigenvalue weighted by Crippen LogP contribution is -2.03. The van der Waals surface area contributed by atoms with Gasteiger partial charge in [0.05, 0.1) is 21.8 Å². The Morgan fingerprint density at radius 2 is 2.38 bits per heavy atom. The van der Waals surface area contributed by atoms with Gasteiger partial charge < -0.3 is 9.47 Å². The second-order valence-corrected chi connectivity index (χ2v) is 4.86. The van der Waals surface area contributed by atoms with Crippen LogP contribution in [0.1, 0.15) is 5.01 Å². The zero-order valence-electron chi connectivity index (χ0n) is 8.90. The number of rotatable bonds is 3. The number of benzene rings is 1. The second-order valence-electron chi connectivity index (χ2n) is 3.63. The lowest BCUT2D eigenvalue weighted by atomic mass is 10.3. The van der Waals surface area contributed by atoms with Gasteiger partial charge in [0.25, 0.3) is 0 Å². The number of aryl methyl sites for hydroxylation is 1. The minimum absolute atomic E-state index is 0. The van der Waals surface area contributed by atoms with E-state index in [4.69, 9.17) is 9.47 Å². The smallest absolute Gasteiger partial charge is 0.121 e. The van der Waals surface area contributed by atoms with Crippen molar-refractivity contribution in [2.75, 3.05) is 13.2 Å². The molecule has 0 aliphatic carbocycles. The first kappa shape index (κ1) is 11.7. The molecule has 0 N–H and O–H groups in total. The fraction of sp³-hybridized carbons (Fsp3) is 0.364. The molecule has 1 saturated heterocycles. The molecular weight excluding hydrogens is 242 g/mol. The standard InChI is InChI=1S/C11H11NO2S.H2S/c1-7-12-10-4-8(2-3-11(10)15-7)13-5-9-6-14-9;/h2-4,9H,5-6H2,1H3;1H2. The molecule has 0 saturated carbocycles. The molecule has 5 heteroatoms. The van der Waals surface area contributed by atoms with Crippen LogP contribution in [0.4, 0.5) is 0 Å². The topological polar surface area (TPSA) is 34.6 Å². The molecule has 0 radical (unpaired) electrons. The van der Waals surface area contributed by atoms with Crippen LogP contribution in [-0.2, 0) is 4.74 Å². The molecule has 1 unspecified atom stereocenters. The predicted molar refractivity (Wildman–Crippen MR) is 70.0 cm³/mol. The van der Waals surface area contributed by atoms with Gasteiger partial charge in [0.1, 0.15) is 18.5 Å². The van der Waals surface area contributed by atoms with Gasteiger partial charge in [-0.2, -0.15) is 13.5 Å². The van der Waals surface area contributed by atoms with Crippen LogP contribution in [0.5, 0.6) is 5.75 Å². The Morgan fingerprint density at radius 1 is 1.56 bits per heavy atom. The van der Waals surface area contributed by atoms with Crippen LogP contribution < -0.4 is 4.74 Å². The first-order chi connectivity index (χ1) is 7.31. The number of hydrogen-bond acceptors (Lipinski definition) is 4. The van der Waals surface area contributed by atoms with Crippen LogP contribution in [-0.4, -0.2) is 24.3 Å². The van der Waals surface area contributed by atoms with Crippen LogP contribution in [0, 0.1) is 6.92 Å². The summed E-state index contributed by atoms with van der Waals surface area (Å²) in [4.78, 5) is 4.42. The summed E-state index contributed by atoms with van der Waals surface area (Å²) in [6, 6.07) is 6.03. The van der Waals surface area contributed by atoms with Crippen molar-refractivity contribution in [3.63, 3.8) is 0 Å². The van der Waals surface area contributed by atoms with Crippen molar-refractivity contribution in [2.45, 2.75) is 13.0 Å². The molecule has 1 aliphatic heterocycles. The third-order valence-corrected chi connectivity index (χ3v) is 3.26. The normalized spacial score (nSPS) is 18.2. The van der Waals surface area contributed by atoms with E-state index in [9.17, 15) is 0 Å². The Kier molecular flexibility index (Phi) is 3.37. The quantitative estimate of drug-likeness (QED) is 0.790. The van der Waals surface area contributed by atoms with E-state index in [1.807, 2.05) is 19.1 Å². The Balaban J connectivity index is 0.000000963. The maximum absolute atomic E-state index is 5.59. The summed E-state index contributed by atoms with van der Waals surface area (Å²) in [7, 11) is 0. The highest BCUT2D eigenvalue weighted by Crippen LogP contribution is 2.26. The van der Waals surface area contributed by atoms with Gasteiger partial charge in [0.15, 0.2) is 0 Å². The predicted octanol–water partition coefficient (Wildman–Crippen LogP) is 2.50. The summed E-state index contributed by atoms with van der Waals surface area (Å²) in [5.74, 6) is 0.878. The molecule has 3 rings (SSSR count). The van der Waals surface area contributed by atoms with E-state index in [1.165, 1.54) is 4.70 Å². The third-order valence-electron chi connectivity index (χ3n) is 2.30. The molecule has 1 fully saturated rings. The van der Waals surface area contributed by atoms with Crippen molar-refractivity contribution in [3.05, 3.63) is 23.2 Å². The summed E-state index contributed by atoms with van der Waals surface area (Å²) in [6.07, 6.45) is 0.304. The highest BCUT2D eigenvalue weighted by atomic mass is 32.1. The molecule has 2 heterocycles. The first-order valence-corrected chi connectivity index (χ1v) is 5.74. The highest BCUT2D eigenvalue weighted by Gasteiger charge is 2.23. The van der Waals surface area contributed by atoms with Gasteiger partial charge >= 0.3 is 0 Å². The summed E-state index contributed by atoms with van der Waals surface area (Å²) in [5, 5.41) is 1.09. The zero-order chi connectivity index (χ0) is 10.3. The summed E-state index contributed by atoms with van der Waals surface area (Å²) >= 11 is 1.71. The van der Waals surface area contributed by atoms with Crippen molar-refractivity contribution in [2.24, 2.45) is 0 Å². The fourth-order valence-electron chi connectivity index (χ4n) is 1.47. The maximum atomic E-state index is 5.59. The van der Waals surface area contributed by atoms with E-state index in [1.54, 1.807) is 11.3 Å². The zero-order valence-corrected chi connectivity index (χ0v) is 10.7. The van der Waals surface area contributed by atoms with Crippen molar-refractivity contribution >= 4 is 35.0 Å². The summed E-state index contributed by atoms with van der Waals surface area (Å²) < 4.78 is 11.9. The van der Waals surface area contributed by atoms with Crippen LogP contribution in [0.25, 0.3) is 10.2 Å². The molecule has 1 atom stereocenters. The van der Waals surface area contributed by atoms with E-state index >= 15 is 0 Å². The van der Waals surface area contributed by atoms with Crippen LogP contribution >= 0.6 is 24.8 Å². The molecule has 1 aromatic carbocycles. The Morgan fingerprint density at radius 3 is 3.12 bits per heavy atom. The number of aromatic nitrogens is 1. The minimum atomic E-state index is 0. The lowest BCUT2D eigenvalue weighted by molar-refractivity contribution is 0.263.